The van der Waals surface area contributed by atoms with E-state index in [-0.39, 0.29) is 18.5 Å². The number of anilines is 1. The van der Waals surface area contributed by atoms with Gasteiger partial charge in [0.15, 0.2) is 11.5 Å². The highest BCUT2D eigenvalue weighted by atomic mass is 79.9. The second-order valence-electron chi connectivity index (χ2n) is 6.09. The van der Waals surface area contributed by atoms with E-state index in [0.717, 1.165) is 35.3 Å². The van der Waals surface area contributed by atoms with E-state index in [9.17, 15) is 4.79 Å². The van der Waals surface area contributed by atoms with Crippen LogP contribution in [0.15, 0.2) is 34.1 Å². The van der Waals surface area contributed by atoms with Crippen molar-refractivity contribution in [3.05, 3.63) is 39.0 Å². The van der Waals surface area contributed by atoms with E-state index in [1.165, 1.54) is 4.88 Å². The van der Waals surface area contributed by atoms with Gasteiger partial charge in [-0.3, -0.25) is 4.79 Å². The number of carbonyl (C=O) groups excluding carboxylic acids is 1. The maximum absolute atomic E-state index is 12.7. The second-order valence-corrected chi connectivity index (χ2v) is 7.92. The van der Waals surface area contributed by atoms with Crippen molar-refractivity contribution in [2.24, 2.45) is 0 Å². The number of benzene rings is 1. The molecule has 1 aromatic carbocycles. The van der Waals surface area contributed by atoms with Crippen molar-refractivity contribution in [2.45, 2.75) is 18.9 Å². The van der Waals surface area contributed by atoms with Crippen LogP contribution in [0.4, 0.5) is 5.69 Å². The Balaban J connectivity index is 1.43. The van der Waals surface area contributed by atoms with Crippen LogP contribution in [0.25, 0.3) is 0 Å². The summed E-state index contributed by atoms with van der Waals surface area (Å²) in [5, 5.41) is 5.31. The third-order valence-electron chi connectivity index (χ3n) is 4.51. The molecule has 1 saturated heterocycles. The zero-order valence-electron chi connectivity index (χ0n) is 13.7. The molecule has 2 aromatic rings. The SMILES string of the molecule is O=C(CNc1cc2c(cc1Br)OCCO2)N1CCC[C@@H]1c1cccs1. The number of hydrogen-bond acceptors (Lipinski definition) is 5. The molecule has 1 amide bonds. The highest BCUT2D eigenvalue weighted by molar-refractivity contribution is 9.10. The van der Waals surface area contributed by atoms with Gasteiger partial charge in [-0.05, 0) is 40.2 Å². The quantitative estimate of drug-likeness (QED) is 0.806. The lowest BCUT2D eigenvalue weighted by Crippen LogP contribution is -2.34. The summed E-state index contributed by atoms with van der Waals surface area (Å²) in [6.45, 7) is 2.19. The summed E-state index contributed by atoms with van der Waals surface area (Å²) in [6, 6.07) is 8.15. The van der Waals surface area contributed by atoms with E-state index >= 15 is 0 Å². The first-order chi connectivity index (χ1) is 12.2. The lowest BCUT2D eigenvalue weighted by atomic mass is 10.2. The fourth-order valence-electron chi connectivity index (χ4n) is 3.31. The Morgan fingerprint density at radius 2 is 2.12 bits per heavy atom. The summed E-state index contributed by atoms with van der Waals surface area (Å²) in [5.41, 5.74) is 0.837. The Morgan fingerprint density at radius 1 is 1.32 bits per heavy atom. The number of nitrogens with one attached hydrogen (secondary N) is 1. The number of amides is 1. The molecule has 0 bridgehead atoms. The van der Waals surface area contributed by atoms with E-state index in [1.54, 1.807) is 11.3 Å². The third kappa shape index (κ3) is 3.48. The van der Waals surface area contributed by atoms with E-state index in [4.69, 9.17) is 9.47 Å². The number of ether oxygens (including phenoxy) is 2. The van der Waals surface area contributed by atoms with Gasteiger partial charge in [-0.25, -0.2) is 0 Å². The van der Waals surface area contributed by atoms with Gasteiger partial charge in [-0.15, -0.1) is 11.3 Å². The summed E-state index contributed by atoms with van der Waals surface area (Å²) in [7, 11) is 0. The van der Waals surface area contributed by atoms with Gasteiger partial charge in [-0.2, -0.15) is 0 Å². The minimum absolute atomic E-state index is 0.123. The largest absolute Gasteiger partial charge is 0.486 e. The van der Waals surface area contributed by atoms with Crippen molar-refractivity contribution in [3.8, 4) is 11.5 Å². The standard InChI is InChI=1S/C18H19BrN2O3S/c19-12-9-15-16(24-7-6-23-15)10-13(12)20-11-18(22)21-5-1-3-14(21)17-4-2-8-25-17/h2,4,8-10,14,20H,1,3,5-7,11H2/t14-/m1/s1. The minimum atomic E-state index is 0.123. The van der Waals surface area contributed by atoms with Gasteiger partial charge in [0.1, 0.15) is 13.2 Å². The van der Waals surface area contributed by atoms with Crippen LogP contribution in [0.1, 0.15) is 23.8 Å². The molecule has 1 aromatic heterocycles. The van der Waals surface area contributed by atoms with Gasteiger partial charge >= 0.3 is 0 Å². The molecule has 0 spiro atoms. The lowest BCUT2D eigenvalue weighted by Gasteiger charge is -2.25. The molecular formula is C18H19BrN2O3S. The Kier molecular flexibility index (Phi) is 4.85. The van der Waals surface area contributed by atoms with Gasteiger partial charge in [0, 0.05) is 28.0 Å². The molecule has 0 aliphatic carbocycles. The Morgan fingerprint density at radius 3 is 2.88 bits per heavy atom. The van der Waals surface area contributed by atoms with Crippen molar-refractivity contribution in [2.75, 3.05) is 31.6 Å². The van der Waals surface area contributed by atoms with Crippen molar-refractivity contribution < 1.29 is 14.3 Å². The van der Waals surface area contributed by atoms with Crippen LogP contribution in [-0.4, -0.2) is 37.1 Å². The van der Waals surface area contributed by atoms with Crippen LogP contribution in [0.3, 0.4) is 0 Å². The lowest BCUT2D eigenvalue weighted by molar-refractivity contribution is -0.130. The first-order valence-corrected chi connectivity index (χ1v) is 10.1. The number of thiophene rings is 1. The Bertz CT molecular complexity index is 766. The summed E-state index contributed by atoms with van der Waals surface area (Å²) >= 11 is 5.25. The number of likely N-dealkylation sites (tertiary alicyclic amines) is 1. The normalized spacial score (nSPS) is 19.1. The fourth-order valence-corrected chi connectivity index (χ4v) is 4.65. The molecule has 5 nitrogen and oxygen atoms in total. The maximum atomic E-state index is 12.7. The van der Waals surface area contributed by atoms with Crippen LogP contribution in [0.2, 0.25) is 0 Å². The fraction of sp³-hybridized carbons (Fsp3) is 0.389. The van der Waals surface area contributed by atoms with Crippen molar-refractivity contribution in [1.82, 2.24) is 4.90 Å². The predicted octanol–water partition coefficient (Wildman–Crippen LogP) is 4.06. The molecule has 2 aliphatic rings. The van der Waals surface area contributed by atoms with Gasteiger partial charge in [0.2, 0.25) is 5.91 Å². The van der Waals surface area contributed by atoms with E-state index < -0.39 is 0 Å². The molecule has 1 fully saturated rings. The predicted molar refractivity (Wildman–Crippen MR) is 102 cm³/mol. The van der Waals surface area contributed by atoms with Gasteiger partial charge in [-0.1, -0.05) is 6.07 Å². The van der Waals surface area contributed by atoms with Crippen molar-refractivity contribution >= 4 is 38.9 Å². The number of hydrogen-bond donors (Lipinski definition) is 1. The molecule has 4 rings (SSSR count). The topological polar surface area (TPSA) is 50.8 Å². The number of fused-ring (bicyclic) bond motifs is 1. The molecule has 1 N–H and O–H groups in total. The first-order valence-electron chi connectivity index (χ1n) is 8.38. The first kappa shape index (κ1) is 16.7. The third-order valence-corrected chi connectivity index (χ3v) is 6.14. The van der Waals surface area contributed by atoms with E-state index in [1.807, 2.05) is 23.1 Å². The summed E-state index contributed by atoms with van der Waals surface area (Å²) in [4.78, 5) is 16.0. The molecular weight excluding hydrogens is 404 g/mol. The average Bonchev–Trinajstić information content (AvgIpc) is 3.30. The molecule has 0 unspecified atom stereocenters. The maximum Gasteiger partial charge on any atom is 0.242 e. The number of rotatable bonds is 4. The molecule has 0 saturated carbocycles. The molecule has 0 radical (unpaired) electrons. The molecule has 1 atom stereocenters. The van der Waals surface area contributed by atoms with Crippen LogP contribution in [0, 0.1) is 0 Å². The highest BCUT2D eigenvalue weighted by Crippen LogP contribution is 2.38. The summed E-state index contributed by atoms with van der Waals surface area (Å²) in [6.07, 6.45) is 2.10. The van der Waals surface area contributed by atoms with E-state index in [2.05, 4.69) is 32.7 Å². The molecule has 7 heteroatoms. The van der Waals surface area contributed by atoms with Crippen LogP contribution >= 0.6 is 27.3 Å². The van der Waals surface area contributed by atoms with Crippen LogP contribution < -0.4 is 14.8 Å². The average molecular weight is 423 g/mol. The Labute approximate surface area is 159 Å². The van der Waals surface area contributed by atoms with Crippen molar-refractivity contribution in [1.29, 1.82) is 0 Å². The van der Waals surface area contributed by atoms with Crippen molar-refractivity contribution in [3.63, 3.8) is 0 Å². The second kappa shape index (κ2) is 7.25. The molecule has 25 heavy (non-hydrogen) atoms. The number of nitrogens with zero attached hydrogens (tertiary/aromatic N) is 1. The van der Waals surface area contributed by atoms with Crippen LogP contribution in [0.5, 0.6) is 11.5 Å². The smallest absolute Gasteiger partial charge is 0.242 e. The molecule has 3 heterocycles. The highest BCUT2D eigenvalue weighted by Gasteiger charge is 2.30. The van der Waals surface area contributed by atoms with Gasteiger partial charge in [0.05, 0.1) is 18.3 Å². The van der Waals surface area contributed by atoms with Crippen LogP contribution in [-0.2, 0) is 4.79 Å². The Hall–Kier alpha value is -1.73. The number of halogens is 1. The van der Waals surface area contributed by atoms with Gasteiger partial charge in [0.25, 0.3) is 0 Å². The summed E-state index contributed by atoms with van der Waals surface area (Å²) < 4.78 is 12.0. The zero-order valence-corrected chi connectivity index (χ0v) is 16.1. The molecule has 2 aliphatic heterocycles. The monoisotopic (exact) mass is 422 g/mol. The van der Waals surface area contributed by atoms with Gasteiger partial charge < -0.3 is 19.7 Å². The zero-order chi connectivity index (χ0) is 17.2. The minimum Gasteiger partial charge on any atom is -0.486 e. The van der Waals surface area contributed by atoms with E-state index in [0.29, 0.717) is 19.0 Å². The summed E-state index contributed by atoms with van der Waals surface area (Å²) in [5.74, 6) is 1.56. The molecule has 132 valence electrons. The number of carbonyl (C=O) groups is 1.